The Balaban J connectivity index is 0.00000196. The van der Waals surface area contributed by atoms with Gasteiger partial charge in [-0.15, -0.1) is 12.4 Å². The molecule has 1 aromatic heterocycles. The van der Waals surface area contributed by atoms with Crippen LogP contribution in [0.5, 0.6) is 0 Å². The molecule has 0 fully saturated rings. The van der Waals surface area contributed by atoms with Gasteiger partial charge in [0.2, 0.25) is 5.91 Å². The molecule has 0 saturated heterocycles. The van der Waals surface area contributed by atoms with Crippen molar-refractivity contribution in [1.82, 2.24) is 10.3 Å². The Morgan fingerprint density at radius 1 is 1.53 bits per heavy atom. The van der Waals surface area contributed by atoms with Gasteiger partial charge in [-0.1, -0.05) is 0 Å². The van der Waals surface area contributed by atoms with Gasteiger partial charge in [0, 0.05) is 13.0 Å². The van der Waals surface area contributed by atoms with Crippen LogP contribution >= 0.6 is 12.4 Å². The predicted octanol–water partition coefficient (Wildman–Crippen LogP) is 0.634. The average molecular weight is 231 g/mol. The van der Waals surface area contributed by atoms with Crippen LogP contribution in [0.4, 0.5) is 11.5 Å². The number of amides is 1. The summed E-state index contributed by atoms with van der Waals surface area (Å²) in [5.74, 6) is 0.407. The SMILES string of the molecule is CNCCC(=O)Nc1ccc(N)nc1.Cl. The van der Waals surface area contributed by atoms with Crippen molar-refractivity contribution in [2.75, 3.05) is 24.6 Å². The van der Waals surface area contributed by atoms with Crippen molar-refractivity contribution in [2.45, 2.75) is 6.42 Å². The topological polar surface area (TPSA) is 80.0 Å². The number of nitrogens with one attached hydrogen (secondary N) is 2. The summed E-state index contributed by atoms with van der Waals surface area (Å²) < 4.78 is 0. The molecular weight excluding hydrogens is 216 g/mol. The summed E-state index contributed by atoms with van der Waals surface area (Å²) >= 11 is 0. The number of hydrogen-bond donors (Lipinski definition) is 3. The van der Waals surface area contributed by atoms with Crippen LogP contribution in [0.25, 0.3) is 0 Å². The molecule has 5 nitrogen and oxygen atoms in total. The summed E-state index contributed by atoms with van der Waals surface area (Å²) in [5, 5.41) is 5.60. The van der Waals surface area contributed by atoms with Gasteiger partial charge >= 0.3 is 0 Å². The minimum absolute atomic E-state index is 0. The lowest BCUT2D eigenvalue weighted by Gasteiger charge is -2.04. The van der Waals surface area contributed by atoms with E-state index in [1.54, 1.807) is 19.2 Å². The van der Waals surface area contributed by atoms with Gasteiger partial charge in [0.1, 0.15) is 5.82 Å². The Labute approximate surface area is 94.9 Å². The predicted molar refractivity (Wildman–Crippen MR) is 63.1 cm³/mol. The number of rotatable bonds is 4. The summed E-state index contributed by atoms with van der Waals surface area (Å²) in [6.07, 6.45) is 1.98. The lowest BCUT2D eigenvalue weighted by Crippen LogP contribution is -2.18. The minimum Gasteiger partial charge on any atom is -0.384 e. The Bertz CT molecular complexity index is 301. The molecule has 4 N–H and O–H groups in total. The van der Waals surface area contributed by atoms with Crippen molar-refractivity contribution in [2.24, 2.45) is 0 Å². The van der Waals surface area contributed by atoms with Crippen LogP contribution in [0.3, 0.4) is 0 Å². The third-order valence-electron chi connectivity index (χ3n) is 1.67. The molecule has 6 heteroatoms. The molecular formula is C9H15ClN4O. The average Bonchev–Trinajstić information content (AvgIpc) is 2.18. The Kier molecular flexibility index (Phi) is 6.40. The molecule has 1 aromatic rings. The normalized spacial score (nSPS) is 9.13. The molecule has 84 valence electrons. The number of carbonyl (C=O) groups excluding carboxylic acids is 1. The van der Waals surface area contributed by atoms with Gasteiger partial charge in [-0.25, -0.2) is 4.98 Å². The number of anilines is 2. The van der Waals surface area contributed by atoms with Crippen molar-refractivity contribution in [3.8, 4) is 0 Å². The fraction of sp³-hybridized carbons (Fsp3) is 0.333. The first kappa shape index (κ1) is 13.7. The van der Waals surface area contributed by atoms with Crippen LogP contribution in [-0.2, 0) is 4.79 Å². The van der Waals surface area contributed by atoms with E-state index in [1.165, 1.54) is 6.20 Å². The van der Waals surface area contributed by atoms with E-state index >= 15 is 0 Å². The third kappa shape index (κ3) is 5.19. The molecule has 1 heterocycles. The Hall–Kier alpha value is -1.33. The first-order valence-corrected chi connectivity index (χ1v) is 4.38. The monoisotopic (exact) mass is 230 g/mol. The highest BCUT2D eigenvalue weighted by Crippen LogP contribution is 2.06. The molecule has 1 rings (SSSR count). The zero-order chi connectivity index (χ0) is 10.4. The number of nitrogens with two attached hydrogens (primary N) is 1. The van der Waals surface area contributed by atoms with Crippen molar-refractivity contribution < 1.29 is 4.79 Å². The molecule has 0 aliphatic heterocycles. The summed E-state index contributed by atoms with van der Waals surface area (Å²) in [6.45, 7) is 0.661. The van der Waals surface area contributed by atoms with E-state index in [1.807, 2.05) is 0 Å². The largest absolute Gasteiger partial charge is 0.384 e. The maximum atomic E-state index is 11.2. The molecule has 0 saturated carbocycles. The van der Waals surface area contributed by atoms with E-state index in [0.29, 0.717) is 24.5 Å². The lowest BCUT2D eigenvalue weighted by molar-refractivity contribution is -0.116. The maximum absolute atomic E-state index is 11.2. The van der Waals surface area contributed by atoms with Gasteiger partial charge in [0.15, 0.2) is 0 Å². The molecule has 0 spiro atoms. The Morgan fingerprint density at radius 2 is 2.27 bits per heavy atom. The molecule has 0 radical (unpaired) electrons. The number of carbonyl (C=O) groups is 1. The number of nitrogens with zero attached hydrogens (tertiary/aromatic N) is 1. The first-order valence-electron chi connectivity index (χ1n) is 4.38. The van der Waals surface area contributed by atoms with Crippen molar-refractivity contribution in [1.29, 1.82) is 0 Å². The van der Waals surface area contributed by atoms with Crippen LogP contribution < -0.4 is 16.4 Å². The van der Waals surface area contributed by atoms with Crippen LogP contribution in [-0.4, -0.2) is 24.5 Å². The standard InChI is InChI=1S/C9H14N4O.ClH/c1-11-5-4-9(14)13-7-2-3-8(10)12-6-7;/h2-3,6,11H,4-5H2,1H3,(H2,10,12)(H,13,14);1H. The smallest absolute Gasteiger partial charge is 0.225 e. The van der Waals surface area contributed by atoms with Gasteiger partial charge in [-0.05, 0) is 19.2 Å². The number of halogens is 1. The summed E-state index contributed by atoms with van der Waals surface area (Å²) in [5.41, 5.74) is 6.07. The second-order valence-electron chi connectivity index (χ2n) is 2.87. The fourth-order valence-electron chi connectivity index (χ4n) is 0.941. The van der Waals surface area contributed by atoms with Gasteiger partial charge in [0.25, 0.3) is 0 Å². The number of pyridine rings is 1. The van der Waals surface area contributed by atoms with E-state index in [-0.39, 0.29) is 18.3 Å². The summed E-state index contributed by atoms with van der Waals surface area (Å²) in [6, 6.07) is 3.37. The van der Waals surface area contributed by atoms with E-state index < -0.39 is 0 Å². The summed E-state index contributed by atoms with van der Waals surface area (Å²) in [4.78, 5) is 15.1. The van der Waals surface area contributed by atoms with E-state index in [2.05, 4.69) is 15.6 Å². The van der Waals surface area contributed by atoms with E-state index in [0.717, 1.165) is 0 Å². The highest BCUT2D eigenvalue weighted by atomic mass is 35.5. The number of nitrogen functional groups attached to an aromatic ring is 1. The molecule has 0 bridgehead atoms. The second-order valence-corrected chi connectivity index (χ2v) is 2.87. The third-order valence-corrected chi connectivity index (χ3v) is 1.67. The van der Waals surface area contributed by atoms with E-state index in [9.17, 15) is 4.79 Å². The fourth-order valence-corrected chi connectivity index (χ4v) is 0.941. The zero-order valence-electron chi connectivity index (χ0n) is 8.49. The van der Waals surface area contributed by atoms with Crippen molar-refractivity contribution in [3.05, 3.63) is 18.3 Å². The van der Waals surface area contributed by atoms with Crippen molar-refractivity contribution in [3.63, 3.8) is 0 Å². The van der Waals surface area contributed by atoms with Gasteiger partial charge in [-0.3, -0.25) is 4.79 Å². The van der Waals surface area contributed by atoms with Gasteiger partial charge < -0.3 is 16.4 Å². The lowest BCUT2D eigenvalue weighted by atomic mass is 10.3. The van der Waals surface area contributed by atoms with Crippen LogP contribution in [0.15, 0.2) is 18.3 Å². The molecule has 0 unspecified atom stereocenters. The van der Waals surface area contributed by atoms with Gasteiger partial charge in [0.05, 0.1) is 11.9 Å². The Morgan fingerprint density at radius 3 is 2.80 bits per heavy atom. The summed E-state index contributed by atoms with van der Waals surface area (Å²) in [7, 11) is 1.80. The highest BCUT2D eigenvalue weighted by molar-refractivity contribution is 5.90. The maximum Gasteiger partial charge on any atom is 0.225 e. The number of aromatic nitrogens is 1. The zero-order valence-corrected chi connectivity index (χ0v) is 9.30. The number of hydrogen-bond acceptors (Lipinski definition) is 4. The first-order chi connectivity index (χ1) is 6.72. The quantitative estimate of drug-likeness (QED) is 0.709. The molecule has 15 heavy (non-hydrogen) atoms. The van der Waals surface area contributed by atoms with Crippen LogP contribution in [0, 0.1) is 0 Å². The van der Waals surface area contributed by atoms with Gasteiger partial charge in [-0.2, -0.15) is 0 Å². The highest BCUT2D eigenvalue weighted by Gasteiger charge is 2.00. The van der Waals surface area contributed by atoms with E-state index in [4.69, 9.17) is 5.73 Å². The second kappa shape index (κ2) is 7.03. The van der Waals surface area contributed by atoms with Crippen LogP contribution in [0.1, 0.15) is 6.42 Å². The van der Waals surface area contributed by atoms with Crippen molar-refractivity contribution >= 4 is 29.8 Å². The molecule has 1 amide bonds. The molecule has 0 aromatic carbocycles. The molecule has 0 aliphatic rings. The molecule has 0 atom stereocenters. The molecule has 0 aliphatic carbocycles. The minimum atomic E-state index is -0.0362. The van der Waals surface area contributed by atoms with Crippen LogP contribution in [0.2, 0.25) is 0 Å².